The minimum Gasteiger partial charge on any atom is -0.382 e. The number of anilines is 2. The standard InChI is InChI=1S/C23H20F6N2OS/c24-22(25,26)17-5-3-4-16(10-17)20-12-30(11-15-8-9-33-14-15)18-6-1-2-7-19(18)31(20)13-21(32)23(27,28)29/h1-10,14,20-21,32H,11-13H2. The van der Waals surface area contributed by atoms with Crippen molar-refractivity contribution in [3.63, 3.8) is 0 Å². The number of para-hydroxylation sites is 2. The number of halogens is 6. The average molecular weight is 486 g/mol. The summed E-state index contributed by atoms with van der Waals surface area (Å²) in [4.78, 5) is 3.30. The van der Waals surface area contributed by atoms with E-state index in [2.05, 4.69) is 0 Å². The summed E-state index contributed by atoms with van der Waals surface area (Å²) >= 11 is 1.50. The topological polar surface area (TPSA) is 26.7 Å². The minimum atomic E-state index is -4.86. The third kappa shape index (κ3) is 5.11. The maximum absolute atomic E-state index is 13.4. The van der Waals surface area contributed by atoms with Gasteiger partial charge in [-0.3, -0.25) is 0 Å². The molecule has 0 aliphatic carbocycles. The van der Waals surface area contributed by atoms with Crippen LogP contribution in [-0.4, -0.2) is 30.5 Å². The summed E-state index contributed by atoms with van der Waals surface area (Å²) in [6.07, 6.45) is -12.1. The first-order valence-electron chi connectivity index (χ1n) is 10.1. The lowest BCUT2D eigenvalue weighted by Crippen LogP contribution is -2.49. The van der Waals surface area contributed by atoms with E-state index in [0.717, 1.165) is 17.7 Å². The van der Waals surface area contributed by atoms with Crippen LogP contribution in [0.25, 0.3) is 0 Å². The van der Waals surface area contributed by atoms with Gasteiger partial charge in [0.1, 0.15) is 0 Å². The molecule has 2 aromatic carbocycles. The van der Waals surface area contributed by atoms with Gasteiger partial charge in [0.25, 0.3) is 0 Å². The summed E-state index contributed by atoms with van der Waals surface area (Å²) in [5, 5.41) is 13.7. The fourth-order valence-corrected chi connectivity index (χ4v) is 4.68. The van der Waals surface area contributed by atoms with Gasteiger partial charge < -0.3 is 14.9 Å². The quantitative estimate of drug-likeness (QED) is 0.432. The second-order valence-corrected chi connectivity index (χ2v) is 8.63. The van der Waals surface area contributed by atoms with E-state index in [1.807, 2.05) is 21.7 Å². The minimum absolute atomic E-state index is 0.152. The number of hydrogen-bond donors (Lipinski definition) is 1. The molecule has 1 aliphatic heterocycles. The van der Waals surface area contributed by atoms with Crippen molar-refractivity contribution in [3.8, 4) is 0 Å². The molecular formula is C23H20F6N2OS. The molecule has 0 fully saturated rings. The van der Waals surface area contributed by atoms with E-state index in [1.165, 1.54) is 28.4 Å². The van der Waals surface area contributed by atoms with Crippen LogP contribution in [-0.2, 0) is 12.7 Å². The Hall–Kier alpha value is -2.72. The molecule has 10 heteroatoms. The lowest BCUT2D eigenvalue weighted by Gasteiger charge is -2.45. The van der Waals surface area contributed by atoms with Gasteiger partial charge in [0, 0.05) is 13.1 Å². The van der Waals surface area contributed by atoms with Crippen molar-refractivity contribution in [3.05, 3.63) is 82.0 Å². The monoisotopic (exact) mass is 486 g/mol. The van der Waals surface area contributed by atoms with Gasteiger partial charge in [0.2, 0.25) is 0 Å². The Kier molecular flexibility index (Phi) is 6.32. The molecule has 2 atom stereocenters. The van der Waals surface area contributed by atoms with Gasteiger partial charge in [-0.2, -0.15) is 37.7 Å². The molecule has 1 aromatic heterocycles. The molecule has 0 spiro atoms. The van der Waals surface area contributed by atoms with Crippen LogP contribution in [0.2, 0.25) is 0 Å². The van der Waals surface area contributed by atoms with E-state index < -0.39 is 36.6 Å². The van der Waals surface area contributed by atoms with E-state index in [1.54, 1.807) is 24.3 Å². The molecule has 0 bridgehead atoms. The number of rotatable bonds is 5. The number of fused-ring (bicyclic) bond motifs is 1. The molecule has 3 aromatic rings. The maximum Gasteiger partial charge on any atom is 0.416 e. The first-order valence-corrected chi connectivity index (χ1v) is 11.0. The number of nitrogens with zero attached hydrogens (tertiary/aromatic N) is 2. The number of hydrogen-bond acceptors (Lipinski definition) is 4. The number of thiophene rings is 1. The summed E-state index contributed by atoms with van der Waals surface area (Å²) < 4.78 is 79.7. The number of aliphatic hydroxyl groups excluding tert-OH is 1. The molecule has 2 heterocycles. The fraction of sp³-hybridized carbons (Fsp3) is 0.304. The Labute approximate surface area is 190 Å². The molecule has 4 rings (SSSR count). The molecule has 33 heavy (non-hydrogen) atoms. The van der Waals surface area contributed by atoms with Crippen LogP contribution in [0.4, 0.5) is 37.7 Å². The van der Waals surface area contributed by atoms with Crippen molar-refractivity contribution in [2.45, 2.75) is 31.0 Å². The largest absolute Gasteiger partial charge is 0.416 e. The van der Waals surface area contributed by atoms with Crippen LogP contribution in [0.3, 0.4) is 0 Å². The van der Waals surface area contributed by atoms with E-state index in [4.69, 9.17) is 0 Å². The molecule has 0 amide bonds. The van der Waals surface area contributed by atoms with Gasteiger partial charge in [-0.25, -0.2) is 0 Å². The van der Waals surface area contributed by atoms with E-state index >= 15 is 0 Å². The number of alkyl halides is 6. The summed E-state index contributed by atoms with van der Waals surface area (Å²) in [6, 6.07) is 12.5. The summed E-state index contributed by atoms with van der Waals surface area (Å²) in [6.45, 7) is -0.196. The average Bonchev–Trinajstić information content (AvgIpc) is 3.27. The highest BCUT2D eigenvalue weighted by atomic mass is 32.1. The summed E-state index contributed by atoms with van der Waals surface area (Å²) in [7, 11) is 0. The lowest BCUT2D eigenvalue weighted by atomic mass is 9.97. The zero-order chi connectivity index (χ0) is 23.8. The van der Waals surface area contributed by atoms with Crippen molar-refractivity contribution in [2.75, 3.05) is 22.9 Å². The highest BCUT2D eigenvalue weighted by Crippen LogP contribution is 2.43. The molecule has 1 N–H and O–H groups in total. The normalized spacial score (nSPS) is 17.7. The highest BCUT2D eigenvalue weighted by molar-refractivity contribution is 7.07. The first-order chi connectivity index (χ1) is 15.5. The Balaban J connectivity index is 1.79. The van der Waals surface area contributed by atoms with Crippen molar-refractivity contribution in [1.29, 1.82) is 0 Å². The Morgan fingerprint density at radius 1 is 0.970 bits per heavy atom. The maximum atomic E-state index is 13.4. The molecule has 176 valence electrons. The molecule has 0 radical (unpaired) electrons. The Morgan fingerprint density at radius 3 is 2.33 bits per heavy atom. The smallest absolute Gasteiger partial charge is 0.382 e. The third-order valence-corrected chi connectivity index (χ3v) is 6.33. The molecule has 2 unspecified atom stereocenters. The van der Waals surface area contributed by atoms with Gasteiger partial charge in [-0.1, -0.05) is 24.3 Å². The van der Waals surface area contributed by atoms with Crippen molar-refractivity contribution in [2.24, 2.45) is 0 Å². The third-order valence-electron chi connectivity index (χ3n) is 5.60. The van der Waals surface area contributed by atoms with Gasteiger partial charge in [0.05, 0.1) is 29.5 Å². The van der Waals surface area contributed by atoms with Crippen molar-refractivity contribution >= 4 is 22.7 Å². The first kappa shape index (κ1) is 23.4. The summed E-state index contributed by atoms with van der Waals surface area (Å²) in [5.41, 5.74) is 1.41. The predicted molar refractivity (Wildman–Crippen MR) is 115 cm³/mol. The van der Waals surface area contributed by atoms with Crippen LogP contribution < -0.4 is 9.80 Å². The summed E-state index contributed by atoms with van der Waals surface area (Å²) in [5.74, 6) is 0. The molecule has 0 saturated heterocycles. The van der Waals surface area contributed by atoms with Crippen molar-refractivity contribution in [1.82, 2.24) is 0 Å². The fourth-order valence-electron chi connectivity index (χ4n) is 4.02. The van der Waals surface area contributed by atoms with Gasteiger partial charge in [0.15, 0.2) is 6.10 Å². The van der Waals surface area contributed by atoms with Crippen molar-refractivity contribution < 1.29 is 31.4 Å². The van der Waals surface area contributed by atoms with Crippen LogP contribution >= 0.6 is 11.3 Å². The van der Waals surface area contributed by atoms with Gasteiger partial charge >= 0.3 is 12.4 Å². The molecular weight excluding hydrogens is 466 g/mol. The van der Waals surface area contributed by atoms with Crippen LogP contribution in [0.15, 0.2) is 65.4 Å². The van der Waals surface area contributed by atoms with Crippen LogP contribution in [0, 0.1) is 0 Å². The number of β-amino-alcohol motifs (C(OH)–C–C–N with tert-alkyl or cyclic N) is 1. The second kappa shape index (κ2) is 8.90. The predicted octanol–water partition coefficient (Wildman–Crippen LogP) is 6.26. The van der Waals surface area contributed by atoms with Crippen LogP contribution in [0.5, 0.6) is 0 Å². The van der Waals surface area contributed by atoms with E-state index in [0.29, 0.717) is 17.9 Å². The Morgan fingerprint density at radius 2 is 1.70 bits per heavy atom. The molecule has 0 saturated carbocycles. The zero-order valence-electron chi connectivity index (χ0n) is 17.1. The lowest BCUT2D eigenvalue weighted by molar-refractivity contribution is -0.200. The molecule has 1 aliphatic rings. The van der Waals surface area contributed by atoms with Crippen LogP contribution in [0.1, 0.15) is 22.7 Å². The number of benzene rings is 2. The van der Waals surface area contributed by atoms with E-state index in [-0.39, 0.29) is 12.1 Å². The van der Waals surface area contributed by atoms with Gasteiger partial charge in [-0.05, 0) is 52.2 Å². The SMILES string of the molecule is OC(CN1c2ccccc2N(Cc2ccsc2)CC1c1cccc(C(F)(F)F)c1)C(F)(F)F. The highest BCUT2D eigenvalue weighted by Gasteiger charge is 2.42. The number of aliphatic hydroxyl groups is 1. The second-order valence-electron chi connectivity index (χ2n) is 7.85. The molecule has 3 nitrogen and oxygen atoms in total. The van der Waals surface area contributed by atoms with Gasteiger partial charge in [-0.15, -0.1) is 0 Å². The Bertz CT molecular complexity index is 1080. The van der Waals surface area contributed by atoms with E-state index in [9.17, 15) is 31.4 Å². The zero-order valence-corrected chi connectivity index (χ0v) is 18.0.